The lowest BCUT2D eigenvalue weighted by Crippen LogP contribution is -2.01. The maximum Gasteiger partial charge on any atom is 0.215 e. The Kier molecular flexibility index (Phi) is 3.14. The van der Waals surface area contributed by atoms with Crippen LogP contribution in [0.2, 0.25) is 0 Å². The van der Waals surface area contributed by atoms with Crippen molar-refractivity contribution in [3.05, 3.63) is 42.0 Å². The molecule has 3 N–H and O–H groups in total. The predicted octanol–water partition coefficient (Wildman–Crippen LogP) is 2.72. The highest BCUT2D eigenvalue weighted by molar-refractivity contribution is 5.70. The summed E-state index contributed by atoms with van der Waals surface area (Å²) in [4.78, 5) is 4.27. The Bertz CT molecular complexity index is 526. The zero-order chi connectivity index (χ0) is 12.3. The number of hydrogen-bond donors (Lipinski definition) is 2. The molecule has 0 unspecified atom stereocenters. The van der Waals surface area contributed by atoms with Crippen molar-refractivity contribution in [1.29, 1.82) is 0 Å². The van der Waals surface area contributed by atoms with E-state index in [1.807, 2.05) is 31.2 Å². The van der Waals surface area contributed by atoms with Crippen LogP contribution in [-0.4, -0.2) is 12.1 Å². The molecule has 0 amide bonds. The summed E-state index contributed by atoms with van der Waals surface area (Å²) in [5.41, 5.74) is 8.57. The van der Waals surface area contributed by atoms with Crippen molar-refractivity contribution in [2.45, 2.75) is 6.92 Å². The number of benzene rings is 1. The molecule has 0 aliphatic rings. The molecule has 0 spiro atoms. The van der Waals surface area contributed by atoms with E-state index in [4.69, 9.17) is 10.5 Å². The summed E-state index contributed by atoms with van der Waals surface area (Å²) in [6.07, 6.45) is 0. The maximum absolute atomic E-state index is 5.86. The van der Waals surface area contributed by atoms with Gasteiger partial charge in [-0.15, -0.1) is 0 Å². The van der Waals surface area contributed by atoms with Gasteiger partial charge in [0.15, 0.2) is 5.82 Å². The van der Waals surface area contributed by atoms with Gasteiger partial charge in [0.1, 0.15) is 0 Å². The molecule has 0 fully saturated rings. The van der Waals surface area contributed by atoms with Gasteiger partial charge in [-0.1, -0.05) is 18.2 Å². The van der Waals surface area contributed by atoms with Crippen LogP contribution in [0.4, 0.5) is 17.2 Å². The molecular formula is C13H15N3O. The van der Waals surface area contributed by atoms with E-state index < -0.39 is 0 Å². The van der Waals surface area contributed by atoms with Gasteiger partial charge in [0.25, 0.3) is 0 Å². The van der Waals surface area contributed by atoms with Crippen LogP contribution >= 0.6 is 0 Å². The Morgan fingerprint density at radius 1 is 1.18 bits per heavy atom. The number of ether oxygens (including phenoxy) is 1. The minimum Gasteiger partial charge on any atom is -0.481 e. The Morgan fingerprint density at radius 2 is 1.94 bits per heavy atom. The molecule has 4 heteroatoms. The first kappa shape index (κ1) is 11.3. The third kappa shape index (κ3) is 2.47. The summed E-state index contributed by atoms with van der Waals surface area (Å²) in [6.45, 7) is 2.03. The average molecular weight is 229 g/mol. The van der Waals surface area contributed by atoms with Crippen molar-refractivity contribution in [2.75, 3.05) is 18.2 Å². The van der Waals surface area contributed by atoms with Crippen molar-refractivity contribution in [3.63, 3.8) is 0 Å². The van der Waals surface area contributed by atoms with Crippen molar-refractivity contribution < 1.29 is 4.74 Å². The van der Waals surface area contributed by atoms with Gasteiger partial charge >= 0.3 is 0 Å². The number of rotatable bonds is 3. The number of hydrogen-bond acceptors (Lipinski definition) is 4. The highest BCUT2D eigenvalue weighted by Crippen LogP contribution is 2.25. The van der Waals surface area contributed by atoms with Gasteiger partial charge in [-0.25, -0.2) is 0 Å². The molecule has 1 aromatic heterocycles. The summed E-state index contributed by atoms with van der Waals surface area (Å²) in [5, 5.41) is 3.20. The fourth-order valence-corrected chi connectivity index (χ4v) is 1.51. The standard InChI is InChI=1S/C13H15N3O/c1-9-5-3-4-6-11(9)15-13-10(14)7-8-12(16-13)17-2/h3-8H,14H2,1-2H3,(H,15,16). The topological polar surface area (TPSA) is 60.2 Å². The number of pyridine rings is 1. The lowest BCUT2D eigenvalue weighted by Gasteiger charge is -2.11. The fourth-order valence-electron chi connectivity index (χ4n) is 1.51. The lowest BCUT2D eigenvalue weighted by molar-refractivity contribution is 0.398. The first-order valence-corrected chi connectivity index (χ1v) is 5.34. The summed E-state index contributed by atoms with van der Waals surface area (Å²) in [5.74, 6) is 1.15. The van der Waals surface area contributed by atoms with Crippen LogP contribution < -0.4 is 15.8 Å². The minimum absolute atomic E-state index is 0.537. The van der Waals surface area contributed by atoms with Crippen molar-refractivity contribution in [3.8, 4) is 5.88 Å². The quantitative estimate of drug-likeness (QED) is 0.849. The third-order valence-electron chi connectivity index (χ3n) is 2.51. The molecule has 0 saturated heterocycles. The average Bonchev–Trinajstić information content (AvgIpc) is 2.35. The van der Waals surface area contributed by atoms with Crippen LogP contribution in [0.1, 0.15) is 5.56 Å². The second kappa shape index (κ2) is 4.74. The zero-order valence-electron chi connectivity index (χ0n) is 9.90. The highest BCUT2D eigenvalue weighted by Gasteiger charge is 2.05. The second-order valence-electron chi connectivity index (χ2n) is 3.73. The predicted molar refractivity (Wildman–Crippen MR) is 69.7 cm³/mol. The fraction of sp³-hybridized carbons (Fsp3) is 0.154. The molecular weight excluding hydrogens is 214 g/mol. The maximum atomic E-state index is 5.86. The second-order valence-corrected chi connectivity index (χ2v) is 3.73. The van der Waals surface area contributed by atoms with Gasteiger partial charge in [0, 0.05) is 11.8 Å². The van der Waals surface area contributed by atoms with Gasteiger partial charge in [-0.05, 0) is 24.6 Å². The normalized spacial score (nSPS) is 10.0. The molecule has 0 aliphatic heterocycles. The SMILES string of the molecule is COc1ccc(N)c(Nc2ccccc2C)n1. The Labute approximate surface area is 100 Å². The van der Waals surface area contributed by atoms with Crippen LogP contribution in [0.15, 0.2) is 36.4 Å². The molecule has 1 aromatic carbocycles. The molecule has 88 valence electrons. The molecule has 0 aliphatic carbocycles. The zero-order valence-corrected chi connectivity index (χ0v) is 9.90. The first-order valence-electron chi connectivity index (χ1n) is 5.34. The van der Waals surface area contributed by atoms with Gasteiger partial charge < -0.3 is 15.8 Å². The van der Waals surface area contributed by atoms with Crippen LogP contribution in [0, 0.1) is 6.92 Å². The molecule has 0 saturated carbocycles. The smallest absolute Gasteiger partial charge is 0.215 e. The van der Waals surface area contributed by atoms with E-state index in [9.17, 15) is 0 Å². The van der Waals surface area contributed by atoms with E-state index in [0.717, 1.165) is 11.3 Å². The van der Waals surface area contributed by atoms with E-state index in [-0.39, 0.29) is 0 Å². The molecule has 2 rings (SSSR count). The number of aryl methyl sites for hydroxylation is 1. The molecule has 2 aromatic rings. The summed E-state index contributed by atoms with van der Waals surface area (Å²) < 4.78 is 5.07. The summed E-state index contributed by atoms with van der Waals surface area (Å²) in [6, 6.07) is 11.5. The molecule has 1 heterocycles. The number of aromatic nitrogens is 1. The number of para-hydroxylation sites is 1. The molecule has 0 radical (unpaired) electrons. The van der Waals surface area contributed by atoms with Crippen LogP contribution in [0.25, 0.3) is 0 Å². The van der Waals surface area contributed by atoms with Gasteiger partial charge in [-0.2, -0.15) is 4.98 Å². The Hall–Kier alpha value is -2.23. The highest BCUT2D eigenvalue weighted by atomic mass is 16.5. The van der Waals surface area contributed by atoms with Gasteiger partial charge in [0.2, 0.25) is 5.88 Å². The van der Waals surface area contributed by atoms with Crippen LogP contribution in [-0.2, 0) is 0 Å². The summed E-state index contributed by atoms with van der Waals surface area (Å²) >= 11 is 0. The molecule has 0 atom stereocenters. The van der Waals surface area contributed by atoms with E-state index in [1.165, 1.54) is 0 Å². The van der Waals surface area contributed by atoms with E-state index >= 15 is 0 Å². The third-order valence-corrected chi connectivity index (χ3v) is 2.51. The monoisotopic (exact) mass is 229 g/mol. The largest absolute Gasteiger partial charge is 0.481 e. The number of nitrogens with two attached hydrogens (primary N) is 1. The number of nitrogens with zero attached hydrogens (tertiary/aromatic N) is 1. The van der Waals surface area contributed by atoms with Crippen LogP contribution in [0.3, 0.4) is 0 Å². The summed E-state index contributed by atoms with van der Waals surface area (Å²) in [7, 11) is 1.58. The Morgan fingerprint density at radius 3 is 2.65 bits per heavy atom. The number of anilines is 3. The van der Waals surface area contributed by atoms with Gasteiger partial charge in [-0.3, -0.25) is 0 Å². The molecule has 17 heavy (non-hydrogen) atoms. The van der Waals surface area contributed by atoms with E-state index in [1.54, 1.807) is 19.2 Å². The lowest BCUT2D eigenvalue weighted by atomic mass is 10.2. The van der Waals surface area contributed by atoms with E-state index in [0.29, 0.717) is 17.4 Å². The number of nitrogen functional groups attached to an aromatic ring is 1. The van der Waals surface area contributed by atoms with Crippen molar-refractivity contribution >= 4 is 17.2 Å². The van der Waals surface area contributed by atoms with Crippen LogP contribution in [0.5, 0.6) is 5.88 Å². The molecule has 0 bridgehead atoms. The van der Waals surface area contributed by atoms with E-state index in [2.05, 4.69) is 10.3 Å². The van der Waals surface area contributed by atoms with Crippen molar-refractivity contribution in [1.82, 2.24) is 4.98 Å². The Balaban J connectivity index is 2.32. The van der Waals surface area contributed by atoms with Gasteiger partial charge in [0.05, 0.1) is 12.8 Å². The molecule has 4 nitrogen and oxygen atoms in total. The number of methoxy groups -OCH3 is 1. The first-order chi connectivity index (χ1) is 8.20. The minimum atomic E-state index is 0.537. The number of nitrogens with one attached hydrogen (secondary N) is 1. The van der Waals surface area contributed by atoms with Crippen molar-refractivity contribution in [2.24, 2.45) is 0 Å².